The predicted octanol–water partition coefficient (Wildman–Crippen LogP) is 1.40. The third kappa shape index (κ3) is 4.35. The number of hydrazone groups is 1. The Balaban J connectivity index is 1.43. The highest BCUT2D eigenvalue weighted by molar-refractivity contribution is 6.04. The SMILES string of the molecule is NC(=O)C1CC(c2nc(CC(=O)NCc3ccccc3)no2)=NN1c1ccccc1. The normalized spacial score (nSPS) is 15.7. The third-order valence-corrected chi connectivity index (χ3v) is 4.63. The second-order valence-corrected chi connectivity index (χ2v) is 6.80. The number of aromatic nitrogens is 2. The van der Waals surface area contributed by atoms with Gasteiger partial charge in [-0.1, -0.05) is 53.7 Å². The van der Waals surface area contributed by atoms with E-state index in [1.165, 1.54) is 0 Å². The van der Waals surface area contributed by atoms with Crippen LogP contribution in [0.2, 0.25) is 0 Å². The average Bonchev–Trinajstić information content (AvgIpc) is 3.41. The topological polar surface area (TPSA) is 127 Å². The van der Waals surface area contributed by atoms with E-state index in [4.69, 9.17) is 10.3 Å². The maximum absolute atomic E-state index is 12.2. The van der Waals surface area contributed by atoms with Crippen molar-refractivity contribution < 1.29 is 14.1 Å². The molecule has 30 heavy (non-hydrogen) atoms. The Morgan fingerprint density at radius 2 is 1.80 bits per heavy atom. The Hall–Kier alpha value is -4.01. The van der Waals surface area contributed by atoms with E-state index in [1.54, 1.807) is 5.01 Å². The largest absolute Gasteiger partial charge is 0.368 e. The van der Waals surface area contributed by atoms with Gasteiger partial charge in [-0.15, -0.1) is 0 Å². The van der Waals surface area contributed by atoms with Crippen molar-refractivity contribution >= 4 is 23.2 Å². The lowest BCUT2D eigenvalue weighted by Crippen LogP contribution is -2.39. The van der Waals surface area contributed by atoms with E-state index in [-0.39, 0.29) is 30.5 Å². The first-order chi connectivity index (χ1) is 14.6. The van der Waals surface area contributed by atoms with Crippen LogP contribution >= 0.6 is 0 Å². The molecule has 0 fully saturated rings. The molecule has 0 aliphatic carbocycles. The van der Waals surface area contributed by atoms with E-state index in [9.17, 15) is 9.59 Å². The quantitative estimate of drug-likeness (QED) is 0.613. The first-order valence-electron chi connectivity index (χ1n) is 9.45. The van der Waals surface area contributed by atoms with E-state index >= 15 is 0 Å². The molecule has 0 spiro atoms. The molecule has 1 aliphatic rings. The molecule has 1 atom stereocenters. The molecule has 4 rings (SSSR count). The Morgan fingerprint density at radius 1 is 1.10 bits per heavy atom. The highest BCUT2D eigenvalue weighted by atomic mass is 16.5. The number of nitrogens with zero attached hydrogens (tertiary/aromatic N) is 4. The number of rotatable bonds is 7. The van der Waals surface area contributed by atoms with Gasteiger partial charge in [-0.25, -0.2) is 0 Å². The fourth-order valence-electron chi connectivity index (χ4n) is 3.13. The summed E-state index contributed by atoms with van der Waals surface area (Å²) >= 11 is 0. The molecule has 0 bridgehead atoms. The fourth-order valence-corrected chi connectivity index (χ4v) is 3.13. The van der Waals surface area contributed by atoms with E-state index in [2.05, 4.69) is 20.6 Å². The van der Waals surface area contributed by atoms with Crippen LogP contribution in [0.4, 0.5) is 5.69 Å². The molecule has 0 radical (unpaired) electrons. The molecule has 2 aromatic carbocycles. The van der Waals surface area contributed by atoms with Crippen molar-refractivity contribution in [1.82, 2.24) is 15.5 Å². The van der Waals surface area contributed by atoms with Gasteiger partial charge in [0.15, 0.2) is 5.82 Å². The summed E-state index contributed by atoms with van der Waals surface area (Å²) in [6.45, 7) is 0.420. The fraction of sp³-hybridized carbons (Fsp3) is 0.190. The van der Waals surface area contributed by atoms with Crippen LogP contribution in [-0.2, 0) is 22.6 Å². The number of para-hydroxylation sites is 1. The third-order valence-electron chi connectivity index (χ3n) is 4.63. The summed E-state index contributed by atoms with van der Waals surface area (Å²) in [6.07, 6.45) is 0.220. The molecule has 0 saturated carbocycles. The first kappa shape index (κ1) is 19.3. The number of hydrogen-bond donors (Lipinski definition) is 2. The number of nitrogens with two attached hydrogens (primary N) is 1. The summed E-state index contributed by atoms with van der Waals surface area (Å²) in [4.78, 5) is 28.3. The van der Waals surface area contributed by atoms with Crippen LogP contribution in [0.1, 0.15) is 23.7 Å². The lowest BCUT2D eigenvalue weighted by atomic mass is 10.1. The summed E-state index contributed by atoms with van der Waals surface area (Å²) in [5.41, 5.74) is 7.73. The maximum Gasteiger partial charge on any atom is 0.274 e. The van der Waals surface area contributed by atoms with Crippen molar-refractivity contribution in [3.05, 3.63) is 77.9 Å². The zero-order valence-electron chi connectivity index (χ0n) is 16.1. The summed E-state index contributed by atoms with van der Waals surface area (Å²) in [7, 11) is 0. The monoisotopic (exact) mass is 404 g/mol. The molecule has 152 valence electrons. The van der Waals surface area contributed by atoms with Crippen LogP contribution < -0.4 is 16.1 Å². The number of amides is 2. The number of carbonyl (C=O) groups is 2. The van der Waals surface area contributed by atoms with Gasteiger partial charge in [0.1, 0.15) is 11.8 Å². The molecule has 9 heteroatoms. The van der Waals surface area contributed by atoms with Crippen molar-refractivity contribution in [2.45, 2.75) is 25.4 Å². The lowest BCUT2D eigenvalue weighted by Gasteiger charge is -2.20. The first-order valence-corrected chi connectivity index (χ1v) is 9.45. The Labute approximate surface area is 172 Å². The average molecular weight is 404 g/mol. The van der Waals surface area contributed by atoms with Crippen molar-refractivity contribution in [3.63, 3.8) is 0 Å². The predicted molar refractivity (Wildman–Crippen MR) is 109 cm³/mol. The van der Waals surface area contributed by atoms with E-state index in [1.807, 2.05) is 60.7 Å². The molecule has 3 N–H and O–H groups in total. The molecule has 1 aliphatic heterocycles. The molecule has 0 saturated heterocycles. The van der Waals surface area contributed by atoms with Gasteiger partial charge >= 0.3 is 0 Å². The highest BCUT2D eigenvalue weighted by Gasteiger charge is 2.35. The van der Waals surface area contributed by atoms with Crippen molar-refractivity contribution in [3.8, 4) is 0 Å². The molecule has 1 aromatic heterocycles. The summed E-state index contributed by atoms with van der Waals surface area (Å²) < 4.78 is 5.27. The number of carbonyl (C=O) groups excluding carboxylic acids is 2. The minimum absolute atomic E-state index is 0.0226. The van der Waals surface area contributed by atoms with Gasteiger partial charge in [0.2, 0.25) is 11.8 Å². The highest BCUT2D eigenvalue weighted by Crippen LogP contribution is 2.26. The Bertz CT molecular complexity index is 1060. The lowest BCUT2D eigenvalue weighted by molar-refractivity contribution is -0.121. The van der Waals surface area contributed by atoms with Crippen LogP contribution in [0.15, 0.2) is 70.3 Å². The van der Waals surface area contributed by atoms with Gasteiger partial charge in [-0.3, -0.25) is 14.6 Å². The van der Waals surface area contributed by atoms with Gasteiger partial charge in [-0.05, 0) is 17.7 Å². The molecule has 2 heterocycles. The molecule has 9 nitrogen and oxygen atoms in total. The van der Waals surface area contributed by atoms with Crippen LogP contribution in [0, 0.1) is 0 Å². The standard InChI is InChI=1S/C21H20N6O3/c22-20(29)17-11-16(25-27(17)15-9-5-2-6-10-15)21-24-18(26-30-21)12-19(28)23-13-14-7-3-1-4-8-14/h1-10,17H,11-13H2,(H2,22,29)(H,23,28). The number of nitrogens with one attached hydrogen (secondary N) is 1. The summed E-state index contributed by atoms with van der Waals surface area (Å²) in [6, 6.07) is 18.2. The van der Waals surface area contributed by atoms with Gasteiger partial charge in [0, 0.05) is 13.0 Å². The van der Waals surface area contributed by atoms with Crippen LogP contribution in [0.5, 0.6) is 0 Å². The summed E-state index contributed by atoms with van der Waals surface area (Å²) in [5.74, 6) is -0.310. The Kier molecular flexibility index (Phi) is 5.51. The van der Waals surface area contributed by atoms with Crippen molar-refractivity contribution in [2.24, 2.45) is 10.8 Å². The van der Waals surface area contributed by atoms with Crippen LogP contribution in [-0.4, -0.2) is 33.7 Å². The number of benzene rings is 2. The van der Waals surface area contributed by atoms with Gasteiger partial charge in [0.25, 0.3) is 5.89 Å². The number of primary amides is 1. The Morgan fingerprint density at radius 3 is 2.50 bits per heavy atom. The van der Waals surface area contributed by atoms with Crippen molar-refractivity contribution in [2.75, 3.05) is 5.01 Å². The minimum Gasteiger partial charge on any atom is -0.368 e. The van der Waals surface area contributed by atoms with E-state index in [0.717, 1.165) is 11.3 Å². The van der Waals surface area contributed by atoms with E-state index < -0.39 is 11.9 Å². The maximum atomic E-state index is 12.2. The smallest absolute Gasteiger partial charge is 0.274 e. The number of anilines is 1. The van der Waals surface area contributed by atoms with Crippen LogP contribution in [0.3, 0.4) is 0 Å². The summed E-state index contributed by atoms with van der Waals surface area (Å²) in [5, 5.41) is 12.7. The van der Waals surface area contributed by atoms with Crippen LogP contribution in [0.25, 0.3) is 0 Å². The van der Waals surface area contributed by atoms with E-state index in [0.29, 0.717) is 12.3 Å². The van der Waals surface area contributed by atoms with Gasteiger partial charge in [0.05, 0.1) is 12.1 Å². The molecule has 1 unspecified atom stereocenters. The second-order valence-electron chi connectivity index (χ2n) is 6.80. The van der Waals surface area contributed by atoms with Crippen molar-refractivity contribution in [1.29, 1.82) is 0 Å². The molecular weight excluding hydrogens is 384 g/mol. The minimum atomic E-state index is -0.646. The zero-order valence-corrected chi connectivity index (χ0v) is 16.1. The second kappa shape index (κ2) is 8.56. The van der Waals surface area contributed by atoms with Gasteiger partial charge in [-0.2, -0.15) is 10.1 Å². The molecule has 2 amide bonds. The molecular formula is C21H20N6O3. The number of hydrogen-bond acceptors (Lipinski definition) is 7. The molecule has 3 aromatic rings. The van der Waals surface area contributed by atoms with Gasteiger partial charge < -0.3 is 15.6 Å². The zero-order chi connectivity index (χ0) is 20.9.